The van der Waals surface area contributed by atoms with Gasteiger partial charge in [-0.2, -0.15) is 0 Å². The first kappa shape index (κ1) is 22.8. The van der Waals surface area contributed by atoms with Gasteiger partial charge < -0.3 is 14.2 Å². The van der Waals surface area contributed by atoms with Crippen LogP contribution in [0.4, 0.5) is 4.39 Å². The van der Waals surface area contributed by atoms with Crippen LogP contribution >= 0.6 is 11.8 Å². The third-order valence-electron chi connectivity index (χ3n) is 4.86. The molecule has 1 amide bonds. The van der Waals surface area contributed by atoms with Gasteiger partial charge in [-0.3, -0.25) is 4.79 Å². The minimum absolute atomic E-state index is 0.0506. The Hall–Kier alpha value is -2.87. The van der Waals surface area contributed by atoms with Gasteiger partial charge in [0.2, 0.25) is 5.91 Å². The van der Waals surface area contributed by atoms with Crippen molar-refractivity contribution in [3.8, 4) is 17.1 Å². The summed E-state index contributed by atoms with van der Waals surface area (Å²) < 4.78 is 20.7. The fraction of sp³-hybridized carbons (Fsp3) is 0.348. The van der Waals surface area contributed by atoms with Crippen LogP contribution in [-0.2, 0) is 17.9 Å². The molecule has 0 saturated heterocycles. The fourth-order valence-corrected chi connectivity index (χ4v) is 4.01. The number of ether oxygens (including phenoxy) is 1. The predicted molar refractivity (Wildman–Crippen MR) is 121 cm³/mol. The summed E-state index contributed by atoms with van der Waals surface area (Å²) in [5.74, 6) is 1.44. The molecule has 0 bridgehead atoms. The number of rotatable bonds is 10. The standard InChI is InChI=1S/C23H27FN4O2S/c1-4-5-13-28-22(18-9-11-20(30-3)12-10-18)25-26-23(28)31-16-21(29)27(2)15-17-7-6-8-19(24)14-17/h6-12,14H,4-5,13,15-16H2,1-3H3. The largest absolute Gasteiger partial charge is 0.497 e. The third kappa shape index (κ3) is 6.07. The van der Waals surface area contributed by atoms with Crippen molar-refractivity contribution in [3.63, 3.8) is 0 Å². The fourth-order valence-electron chi connectivity index (χ4n) is 3.10. The van der Waals surface area contributed by atoms with Crippen LogP contribution in [-0.4, -0.2) is 45.5 Å². The molecule has 2 aromatic carbocycles. The van der Waals surface area contributed by atoms with Gasteiger partial charge in [-0.25, -0.2) is 4.39 Å². The second-order valence-corrected chi connectivity index (χ2v) is 8.15. The van der Waals surface area contributed by atoms with Gasteiger partial charge in [-0.1, -0.05) is 37.2 Å². The Morgan fingerprint density at radius 3 is 2.65 bits per heavy atom. The molecule has 1 heterocycles. The van der Waals surface area contributed by atoms with E-state index in [1.54, 1.807) is 25.1 Å². The molecule has 0 atom stereocenters. The zero-order valence-corrected chi connectivity index (χ0v) is 18.9. The molecule has 0 radical (unpaired) electrons. The Labute approximate surface area is 186 Å². The van der Waals surface area contributed by atoms with E-state index in [1.165, 1.54) is 23.9 Å². The van der Waals surface area contributed by atoms with E-state index in [4.69, 9.17) is 4.74 Å². The number of hydrogen-bond acceptors (Lipinski definition) is 5. The molecule has 0 saturated carbocycles. The number of carbonyl (C=O) groups is 1. The van der Waals surface area contributed by atoms with Crippen molar-refractivity contribution in [1.82, 2.24) is 19.7 Å². The highest BCUT2D eigenvalue weighted by atomic mass is 32.2. The van der Waals surface area contributed by atoms with Gasteiger partial charge in [0, 0.05) is 25.7 Å². The van der Waals surface area contributed by atoms with E-state index in [0.29, 0.717) is 11.7 Å². The normalized spacial score (nSPS) is 10.8. The molecule has 0 N–H and O–H groups in total. The number of thioether (sulfide) groups is 1. The lowest BCUT2D eigenvalue weighted by Crippen LogP contribution is -2.28. The van der Waals surface area contributed by atoms with Gasteiger partial charge in [0.1, 0.15) is 11.6 Å². The van der Waals surface area contributed by atoms with Gasteiger partial charge in [0.05, 0.1) is 12.9 Å². The molecule has 8 heteroatoms. The van der Waals surface area contributed by atoms with Crippen molar-refractivity contribution in [1.29, 1.82) is 0 Å². The van der Waals surface area contributed by atoms with E-state index in [2.05, 4.69) is 21.7 Å². The lowest BCUT2D eigenvalue weighted by molar-refractivity contribution is -0.127. The van der Waals surface area contributed by atoms with Crippen molar-refractivity contribution in [2.45, 2.75) is 38.0 Å². The molecule has 3 rings (SSSR count). The van der Waals surface area contributed by atoms with Crippen LogP contribution in [0.3, 0.4) is 0 Å². The summed E-state index contributed by atoms with van der Waals surface area (Å²) >= 11 is 1.37. The van der Waals surface area contributed by atoms with Crippen molar-refractivity contribution < 1.29 is 13.9 Å². The molecular formula is C23H27FN4O2S. The summed E-state index contributed by atoms with van der Waals surface area (Å²) in [6.07, 6.45) is 2.03. The SMILES string of the molecule is CCCCn1c(SCC(=O)N(C)Cc2cccc(F)c2)nnc1-c1ccc(OC)cc1. The monoisotopic (exact) mass is 442 g/mol. The first-order valence-corrected chi connectivity index (χ1v) is 11.2. The molecule has 31 heavy (non-hydrogen) atoms. The smallest absolute Gasteiger partial charge is 0.233 e. The minimum Gasteiger partial charge on any atom is -0.497 e. The maximum Gasteiger partial charge on any atom is 0.233 e. The summed E-state index contributed by atoms with van der Waals surface area (Å²) in [7, 11) is 3.36. The van der Waals surface area contributed by atoms with E-state index in [1.807, 2.05) is 30.3 Å². The van der Waals surface area contributed by atoms with E-state index in [-0.39, 0.29) is 17.5 Å². The molecule has 0 spiro atoms. The van der Waals surface area contributed by atoms with Gasteiger partial charge in [0.25, 0.3) is 0 Å². The molecule has 0 fully saturated rings. The van der Waals surface area contributed by atoms with Gasteiger partial charge in [-0.05, 0) is 48.4 Å². The maximum atomic E-state index is 13.4. The molecule has 164 valence electrons. The Kier molecular flexibility index (Phi) is 8.06. The van der Waals surface area contributed by atoms with Gasteiger partial charge in [-0.15, -0.1) is 10.2 Å². The third-order valence-corrected chi connectivity index (χ3v) is 5.81. The number of methoxy groups -OCH3 is 1. The van der Waals surface area contributed by atoms with Crippen LogP contribution in [0, 0.1) is 5.82 Å². The molecule has 0 unspecified atom stereocenters. The summed E-state index contributed by atoms with van der Waals surface area (Å²) in [5.41, 5.74) is 1.71. The van der Waals surface area contributed by atoms with Crippen molar-refractivity contribution in [2.24, 2.45) is 0 Å². The van der Waals surface area contributed by atoms with Crippen LogP contribution in [0.5, 0.6) is 5.75 Å². The molecule has 0 aliphatic carbocycles. The number of benzene rings is 2. The maximum absolute atomic E-state index is 13.4. The highest BCUT2D eigenvalue weighted by Gasteiger charge is 2.17. The van der Waals surface area contributed by atoms with Crippen molar-refractivity contribution in [2.75, 3.05) is 19.9 Å². The van der Waals surface area contributed by atoms with E-state index < -0.39 is 0 Å². The van der Waals surface area contributed by atoms with Crippen LogP contribution in [0.25, 0.3) is 11.4 Å². The number of aromatic nitrogens is 3. The molecule has 6 nitrogen and oxygen atoms in total. The number of carbonyl (C=O) groups excluding carboxylic acids is 1. The van der Waals surface area contributed by atoms with E-state index >= 15 is 0 Å². The Morgan fingerprint density at radius 2 is 1.97 bits per heavy atom. The molecule has 1 aromatic heterocycles. The summed E-state index contributed by atoms with van der Waals surface area (Å²) in [5, 5.41) is 9.43. The quantitative estimate of drug-likeness (QED) is 0.428. The number of unbranched alkanes of at least 4 members (excludes halogenated alkanes) is 1. The van der Waals surface area contributed by atoms with Gasteiger partial charge in [0.15, 0.2) is 11.0 Å². The highest BCUT2D eigenvalue weighted by molar-refractivity contribution is 7.99. The lowest BCUT2D eigenvalue weighted by atomic mass is 10.2. The number of halogens is 1. The van der Waals surface area contributed by atoms with Crippen LogP contribution in [0.1, 0.15) is 25.3 Å². The predicted octanol–water partition coefficient (Wildman–Crippen LogP) is 4.64. The Balaban J connectivity index is 1.69. The lowest BCUT2D eigenvalue weighted by Gasteiger charge is -2.17. The Bertz CT molecular complexity index is 1010. The highest BCUT2D eigenvalue weighted by Crippen LogP contribution is 2.26. The minimum atomic E-state index is -0.303. The summed E-state index contributed by atoms with van der Waals surface area (Å²) in [6, 6.07) is 14.0. The summed E-state index contributed by atoms with van der Waals surface area (Å²) in [4.78, 5) is 14.2. The number of hydrogen-bond donors (Lipinski definition) is 0. The molecular weight excluding hydrogens is 415 g/mol. The van der Waals surface area contributed by atoms with Crippen molar-refractivity contribution >= 4 is 17.7 Å². The van der Waals surface area contributed by atoms with Crippen LogP contribution < -0.4 is 4.74 Å². The topological polar surface area (TPSA) is 60.2 Å². The van der Waals surface area contributed by atoms with Crippen molar-refractivity contribution in [3.05, 3.63) is 59.9 Å². The zero-order valence-electron chi connectivity index (χ0n) is 18.0. The summed E-state index contributed by atoms with van der Waals surface area (Å²) in [6.45, 7) is 3.27. The average molecular weight is 443 g/mol. The van der Waals surface area contributed by atoms with Gasteiger partial charge >= 0.3 is 0 Å². The number of nitrogens with zero attached hydrogens (tertiary/aromatic N) is 4. The zero-order chi connectivity index (χ0) is 22.2. The van der Waals surface area contributed by atoms with E-state index in [0.717, 1.165) is 42.1 Å². The Morgan fingerprint density at radius 1 is 1.19 bits per heavy atom. The van der Waals surface area contributed by atoms with E-state index in [9.17, 15) is 9.18 Å². The average Bonchev–Trinajstić information content (AvgIpc) is 3.18. The first-order valence-electron chi connectivity index (χ1n) is 10.2. The number of amides is 1. The molecule has 0 aliphatic heterocycles. The van der Waals surface area contributed by atoms with Crippen LogP contribution in [0.15, 0.2) is 53.7 Å². The second kappa shape index (κ2) is 10.9. The molecule has 0 aliphatic rings. The first-order chi connectivity index (χ1) is 15.0. The van der Waals surface area contributed by atoms with Crippen LogP contribution in [0.2, 0.25) is 0 Å². The molecule has 3 aromatic rings. The second-order valence-electron chi connectivity index (χ2n) is 7.21.